The Labute approximate surface area is 129 Å². The summed E-state index contributed by atoms with van der Waals surface area (Å²) in [7, 11) is -2.76. The number of aryl methyl sites for hydroxylation is 1. The molecule has 0 unspecified atom stereocenters. The minimum Gasteiger partial charge on any atom is -0.275 e. The molecule has 0 aliphatic heterocycles. The number of aromatic nitrogens is 3. The van der Waals surface area contributed by atoms with E-state index < -0.39 is 27.3 Å². The second kappa shape index (κ2) is 5.37. The van der Waals surface area contributed by atoms with Crippen LogP contribution in [0.25, 0.3) is 0 Å². The van der Waals surface area contributed by atoms with Gasteiger partial charge in [-0.25, -0.2) is 13.5 Å². The molecule has 0 saturated heterocycles. The van der Waals surface area contributed by atoms with Crippen LogP contribution < -0.4 is 4.72 Å². The summed E-state index contributed by atoms with van der Waals surface area (Å²) in [5.41, 5.74) is -0.397. The van der Waals surface area contributed by atoms with Gasteiger partial charge in [-0.05, 0) is 37.9 Å². The summed E-state index contributed by atoms with van der Waals surface area (Å²) in [6.07, 6.45) is 0. The molecule has 0 radical (unpaired) electrons. The van der Waals surface area contributed by atoms with E-state index in [1.165, 1.54) is 7.05 Å². The number of rotatable bonds is 3. The van der Waals surface area contributed by atoms with Crippen molar-refractivity contribution < 1.29 is 17.2 Å². The molecule has 1 N–H and O–H groups in total. The summed E-state index contributed by atoms with van der Waals surface area (Å²) < 4.78 is 53.9. The van der Waals surface area contributed by atoms with Crippen molar-refractivity contribution in [2.24, 2.45) is 7.05 Å². The van der Waals surface area contributed by atoms with Crippen LogP contribution in [0, 0.1) is 11.6 Å². The number of benzene rings is 1. The first kappa shape index (κ1) is 15.3. The predicted octanol–water partition coefficient (Wildman–Crippen LogP) is 2.42. The minimum absolute atomic E-state index is 0.0194. The largest absolute Gasteiger partial charge is 0.282 e. The van der Waals surface area contributed by atoms with Gasteiger partial charge in [0.2, 0.25) is 5.03 Å². The van der Waals surface area contributed by atoms with E-state index in [1.807, 2.05) is 4.72 Å². The molecule has 0 aliphatic rings. The molecule has 1 aromatic heterocycles. The number of nitrogens with one attached hydrogen (secondary N) is 1. The molecular weight excluding hydrogens is 426 g/mol. The third-order valence-corrected chi connectivity index (χ3v) is 5.11. The molecule has 0 spiro atoms. The number of hydrogen-bond acceptors (Lipinski definition) is 4. The van der Waals surface area contributed by atoms with E-state index in [-0.39, 0.29) is 14.1 Å². The standard InChI is InChI=1S/C9H6Br2F2N4O2S/c1-17-9(8(11)14-16-17)20(18,19)15-7-2-4(10)5(12)3-6(7)13/h2-3,15H,1H3. The maximum absolute atomic E-state index is 13.6. The second-order valence-electron chi connectivity index (χ2n) is 3.66. The highest BCUT2D eigenvalue weighted by molar-refractivity contribution is 9.10. The van der Waals surface area contributed by atoms with Crippen molar-refractivity contribution >= 4 is 47.6 Å². The van der Waals surface area contributed by atoms with Gasteiger partial charge in [-0.2, -0.15) is 8.42 Å². The molecule has 6 nitrogen and oxygen atoms in total. The molecule has 0 bridgehead atoms. The Morgan fingerprint density at radius 3 is 2.45 bits per heavy atom. The number of sulfonamides is 1. The van der Waals surface area contributed by atoms with E-state index in [1.54, 1.807) is 0 Å². The van der Waals surface area contributed by atoms with Crippen LogP contribution in [0.1, 0.15) is 0 Å². The van der Waals surface area contributed by atoms with Gasteiger partial charge < -0.3 is 0 Å². The van der Waals surface area contributed by atoms with Gasteiger partial charge in [-0.1, -0.05) is 5.21 Å². The van der Waals surface area contributed by atoms with Gasteiger partial charge in [0.25, 0.3) is 10.0 Å². The number of nitrogens with zero attached hydrogens (tertiary/aromatic N) is 3. The minimum atomic E-state index is -4.13. The molecule has 11 heteroatoms. The molecule has 108 valence electrons. The highest BCUT2D eigenvalue weighted by Crippen LogP contribution is 2.27. The van der Waals surface area contributed by atoms with E-state index >= 15 is 0 Å². The third kappa shape index (κ3) is 2.83. The summed E-state index contributed by atoms with van der Waals surface area (Å²) in [5, 5.41) is 6.76. The van der Waals surface area contributed by atoms with Crippen molar-refractivity contribution in [1.29, 1.82) is 0 Å². The molecule has 2 aromatic rings. The van der Waals surface area contributed by atoms with Crippen molar-refractivity contribution in [3.63, 3.8) is 0 Å². The Morgan fingerprint density at radius 1 is 1.25 bits per heavy atom. The molecule has 0 saturated carbocycles. The first-order chi connectivity index (χ1) is 9.22. The van der Waals surface area contributed by atoms with Crippen molar-refractivity contribution in [3.8, 4) is 0 Å². The SMILES string of the molecule is Cn1nnc(Br)c1S(=O)(=O)Nc1cc(Br)c(F)cc1F. The maximum atomic E-state index is 13.6. The van der Waals surface area contributed by atoms with E-state index in [9.17, 15) is 17.2 Å². The summed E-state index contributed by atoms with van der Waals surface area (Å²) >= 11 is 5.78. The number of halogens is 4. The third-order valence-electron chi connectivity index (χ3n) is 2.25. The second-order valence-corrected chi connectivity index (χ2v) is 6.86. The summed E-state index contributed by atoms with van der Waals surface area (Å²) in [6, 6.07) is 1.55. The van der Waals surface area contributed by atoms with Gasteiger partial charge in [0, 0.05) is 13.1 Å². The maximum Gasteiger partial charge on any atom is 0.282 e. The molecule has 2 rings (SSSR count). The highest BCUT2D eigenvalue weighted by atomic mass is 79.9. The molecule has 1 heterocycles. The lowest BCUT2D eigenvalue weighted by Crippen LogP contribution is -2.18. The van der Waals surface area contributed by atoms with Gasteiger partial charge in [0.1, 0.15) is 11.6 Å². The van der Waals surface area contributed by atoms with Crippen LogP contribution in [-0.4, -0.2) is 23.4 Å². The number of anilines is 1. The van der Waals surface area contributed by atoms with Crippen LogP contribution in [0.3, 0.4) is 0 Å². The number of hydrogen-bond donors (Lipinski definition) is 1. The molecule has 20 heavy (non-hydrogen) atoms. The van der Waals surface area contributed by atoms with Gasteiger partial charge in [-0.15, -0.1) is 5.10 Å². The average Bonchev–Trinajstić information content (AvgIpc) is 2.66. The first-order valence-electron chi connectivity index (χ1n) is 4.95. The van der Waals surface area contributed by atoms with Gasteiger partial charge >= 0.3 is 0 Å². The fourth-order valence-electron chi connectivity index (χ4n) is 1.40. The van der Waals surface area contributed by atoms with Crippen molar-refractivity contribution in [1.82, 2.24) is 15.0 Å². The van der Waals surface area contributed by atoms with Gasteiger partial charge in [0.05, 0.1) is 10.2 Å². The van der Waals surface area contributed by atoms with E-state index in [2.05, 4.69) is 42.2 Å². The van der Waals surface area contributed by atoms with Gasteiger partial charge in [-0.3, -0.25) is 4.72 Å². The Morgan fingerprint density at radius 2 is 1.90 bits per heavy atom. The average molecular weight is 432 g/mol. The van der Waals surface area contributed by atoms with Crippen LogP contribution >= 0.6 is 31.9 Å². The zero-order valence-corrected chi connectivity index (χ0v) is 13.7. The normalized spacial score (nSPS) is 11.7. The van der Waals surface area contributed by atoms with Crippen molar-refractivity contribution in [2.75, 3.05) is 4.72 Å². The molecule has 0 aliphatic carbocycles. The molecule has 1 aromatic carbocycles. The van der Waals surface area contributed by atoms with Crippen molar-refractivity contribution in [2.45, 2.75) is 5.03 Å². The van der Waals surface area contributed by atoms with Gasteiger partial charge in [0.15, 0.2) is 4.60 Å². The first-order valence-corrected chi connectivity index (χ1v) is 8.02. The van der Waals surface area contributed by atoms with E-state index in [0.717, 1.165) is 10.7 Å². The lowest BCUT2D eigenvalue weighted by Gasteiger charge is -2.09. The predicted molar refractivity (Wildman–Crippen MR) is 73.6 cm³/mol. The fraction of sp³-hybridized carbons (Fsp3) is 0.111. The molecule has 0 atom stereocenters. The lowest BCUT2D eigenvalue weighted by atomic mass is 10.3. The monoisotopic (exact) mass is 430 g/mol. The van der Waals surface area contributed by atoms with Crippen molar-refractivity contribution in [3.05, 3.63) is 32.8 Å². The topological polar surface area (TPSA) is 76.9 Å². The molecule has 0 fully saturated rings. The molecule has 0 amide bonds. The van der Waals surface area contributed by atoms with Crippen LogP contribution in [-0.2, 0) is 17.1 Å². The zero-order valence-electron chi connectivity index (χ0n) is 9.73. The van der Waals surface area contributed by atoms with Crippen LogP contribution in [0.15, 0.2) is 26.2 Å². The smallest absolute Gasteiger partial charge is 0.275 e. The summed E-state index contributed by atoms with van der Waals surface area (Å²) in [6.45, 7) is 0. The van der Waals surface area contributed by atoms with Crippen LogP contribution in [0.4, 0.5) is 14.5 Å². The van der Waals surface area contributed by atoms with Crippen LogP contribution in [0.5, 0.6) is 0 Å². The lowest BCUT2D eigenvalue weighted by molar-refractivity contribution is 0.572. The molecular formula is C9H6Br2F2N4O2S. The quantitative estimate of drug-likeness (QED) is 0.757. The Balaban J connectivity index is 2.47. The highest BCUT2D eigenvalue weighted by Gasteiger charge is 2.25. The zero-order chi connectivity index (χ0) is 15.1. The Bertz CT molecular complexity index is 759. The van der Waals surface area contributed by atoms with Crippen LogP contribution in [0.2, 0.25) is 0 Å². The summed E-state index contributed by atoms with van der Waals surface area (Å²) in [5.74, 6) is -1.88. The summed E-state index contributed by atoms with van der Waals surface area (Å²) in [4.78, 5) is 0. The fourth-order valence-corrected chi connectivity index (χ4v) is 3.90. The Hall–Kier alpha value is -1.07. The Kier molecular flexibility index (Phi) is 4.12. The van der Waals surface area contributed by atoms with E-state index in [0.29, 0.717) is 6.07 Å². The van der Waals surface area contributed by atoms with E-state index in [4.69, 9.17) is 0 Å².